The van der Waals surface area contributed by atoms with Gasteiger partial charge in [0.05, 0.1) is 23.4 Å². The second-order valence-corrected chi connectivity index (χ2v) is 5.70. The molecule has 1 aliphatic rings. The fourth-order valence-electron chi connectivity index (χ4n) is 2.32. The summed E-state index contributed by atoms with van der Waals surface area (Å²) in [6.07, 6.45) is -0.0835. The van der Waals surface area contributed by atoms with Crippen LogP contribution in [0.5, 0.6) is 0 Å². The molecule has 118 valence electrons. The monoisotopic (exact) mass is 358 g/mol. The SMILES string of the molecule is CCNc1nc(C2CN(CC)CCO2)nc(COC)c1Br. The number of nitrogens with one attached hydrogen (secondary N) is 1. The molecule has 1 fully saturated rings. The van der Waals surface area contributed by atoms with Crippen LogP contribution in [-0.4, -0.2) is 54.8 Å². The highest BCUT2D eigenvalue weighted by molar-refractivity contribution is 9.10. The molecule has 1 aromatic rings. The van der Waals surface area contributed by atoms with Crippen molar-refractivity contribution in [3.63, 3.8) is 0 Å². The first kappa shape index (κ1) is 16.6. The molecule has 1 saturated heterocycles. The van der Waals surface area contributed by atoms with Crippen LogP contribution in [0.25, 0.3) is 0 Å². The second-order valence-electron chi connectivity index (χ2n) is 4.91. The van der Waals surface area contributed by atoms with Crippen molar-refractivity contribution in [1.29, 1.82) is 0 Å². The zero-order chi connectivity index (χ0) is 15.2. The summed E-state index contributed by atoms with van der Waals surface area (Å²) in [4.78, 5) is 11.6. The van der Waals surface area contributed by atoms with E-state index in [9.17, 15) is 0 Å². The Morgan fingerprint density at radius 3 is 2.90 bits per heavy atom. The third-order valence-corrected chi connectivity index (χ3v) is 4.28. The molecule has 1 N–H and O–H groups in total. The summed E-state index contributed by atoms with van der Waals surface area (Å²) in [6.45, 7) is 8.97. The van der Waals surface area contributed by atoms with E-state index in [2.05, 4.69) is 43.0 Å². The van der Waals surface area contributed by atoms with Gasteiger partial charge in [0, 0.05) is 26.7 Å². The molecule has 1 unspecified atom stereocenters. The van der Waals surface area contributed by atoms with Crippen molar-refractivity contribution in [1.82, 2.24) is 14.9 Å². The van der Waals surface area contributed by atoms with Crippen molar-refractivity contribution in [3.8, 4) is 0 Å². The number of morpholine rings is 1. The summed E-state index contributed by atoms with van der Waals surface area (Å²) in [6, 6.07) is 0. The van der Waals surface area contributed by atoms with Gasteiger partial charge < -0.3 is 14.8 Å². The molecule has 1 aromatic heterocycles. The number of rotatable bonds is 6. The van der Waals surface area contributed by atoms with E-state index >= 15 is 0 Å². The number of likely N-dealkylation sites (N-methyl/N-ethyl adjacent to an activating group) is 1. The summed E-state index contributed by atoms with van der Waals surface area (Å²) >= 11 is 3.55. The first-order valence-electron chi connectivity index (χ1n) is 7.32. The van der Waals surface area contributed by atoms with E-state index in [4.69, 9.17) is 9.47 Å². The number of methoxy groups -OCH3 is 1. The summed E-state index contributed by atoms with van der Waals surface area (Å²) in [5, 5.41) is 3.26. The summed E-state index contributed by atoms with van der Waals surface area (Å²) < 4.78 is 11.9. The third kappa shape index (κ3) is 4.12. The van der Waals surface area contributed by atoms with E-state index < -0.39 is 0 Å². The predicted molar refractivity (Wildman–Crippen MR) is 85.4 cm³/mol. The van der Waals surface area contributed by atoms with Gasteiger partial charge in [-0.05, 0) is 29.4 Å². The molecule has 21 heavy (non-hydrogen) atoms. The minimum atomic E-state index is -0.0835. The highest BCUT2D eigenvalue weighted by Gasteiger charge is 2.25. The Labute approximate surface area is 134 Å². The molecule has 6 nitrogen and oxygen atoms in total. The van der Waals surface area contributed by atoms with Gasteiger partial charge in [0.15, 0.2) is 5.82 Å². The molecule has 7 heteroatoms. The molecule has 1 aliphatic heterocycles. The van der Waals surface area contributed by atoms with Crippen molar-refractivity contribution in [2.75, 3.05) is 45.2 Å². The Hall–Kier alpha value is -0.760. The van der Waals surface area contributed by atoms with Crippen LogP contribution in [0.1, 0.15) is 31.5 Å². The van der Waals surface area contributed by atoms with Crippen LogP contribution in [0.15, 0.2) is 4.47 Å². The minimum absolute atomic E-state index is 0.0835. The van der Waals surface area contributed by atoms with Gasteiger partial charge in [-0.15, -0.1) is 0 Å². The smallest absolute Gasteiger partial charge is 0.161 e. The highest BCUT2D eigenvalue weighted by atomic mass is 79.9. The fraction of sp³-hybridized carbons (Fsp3) is 0.714. The summed E-state index contributed by atoms with van der Waals surface area (Å²) in [7, 11) is 1.66. The largest absolute Gasteiger partial charge is 0.378 e. The average molecular weight is 359 g/mol. The number of nitrogens with zero attached hydrogens (tertiary/aromatic N) is 3. The lowest BCUT2D eigenvalue weighted by Crippen LogP contribution is -2.38. The van der Waals surface area contributed by atoms with E-state index in [0.717, 1.165) is 48.0 Å². The number of anilines is 1. The zero-order valence-corrected chi connectivity index (χ0v) is 14.4. The molecule has 0 radical (unpaired) electrons. The maximum Gasteiger partial charge on any atom is 0.161 e. The summed E-state index contributed by atoms with van der Waals surface area (Å²) in [5.41, 5.74) is 0.843. The average Bonchev–Trinajstić information content (AvgIpc) is 2.51. The van der Waals surface area contributed by atoms with Gasteiger partial charge in [-0.3, -0.25) is 4.90 Å². The maximum atomic E-state index is 5.85. The van der Waals surface area contributed by atoms with E-state index in [-0.39, 0.29) is 6.10 Å². The van der Waals surface area contributed by atoms with E-state index in [1.807, 2.05) is 6.92 Å². The Bertz CT molecular complexity index is 445. The maximum absolute atomic E-state index is 5.85. The summed E-state index contributed by atoms with van der Waals surface area (Å²) in [5.74, 6) is 1.52. The third-order valence-electron chi connectivity index (χ3n) is 3.45. The van der Waals surface area contributed by atoms with Crippen LogP contribution in [0, 0.1) is 0 Å². The van der Waals surface area contributed by atoms with E-state index in [1.165, 1.54) is 0 Å². The normalized spacial score (nSPS) is 19.7. The van der Waals surface area contributed by atoms with Crippen LogP contribution < -0.4 is 5.32 Å². The Morgan fingerprint density at radius 2 is 2.24 bits per heavy atom. The molecule has 2 heterocycles. The number of ether oxygens (including phenoxy) is 2. The van der Waals surface area contributed by atoms with Crippen molar-refractivity contribution in [3.05, 3.63) is 16.0 Å². The molecule has 0 spiro atoms. The van der Waals surface area contributed by atoms with Crippen molar-refractivity contribution in [2.45, 2.75) is 26.6 Å². The van der Waals surface area contributed by atoms with Crippen molar-refractivity contribution >= 4 is 21.7 Å². The molecular formula is C14H23BrN4O2. The lowest BCUT2D eigenvalue weighted by Gasteiger charge is -2.31. The highest BCUT2D eigenvalue weighted by Crippen LogP contribution is 2.28. The predicted octanol–water partition coefficient (Wildman–Crippen LogP) is 2.21. The zero-order valence-electron chi connectivity index (χ0n) is 12.9. The van der Waals surface area contributed by atoms with Gasteiger partial charge in [0.25, 0.3) is 0 Å². The molecule has 0 aromatic carbocycles. The number of hydrogen-bond acceptors (Lipinski definition) is 6. The Kier molecular flexibility index (Phi) is 6.35. The molecule has 0 amide bonds. The van der Waals surface area contributed by atoms with Crippen LogP contribution in [-0.2, 0) is 16.1 Å². The number of aromatic nitrogens is 2. The first-order chi connectivity index (χ1) is 10.2. The van der Waals surface area contributed by atoms with Gasteiger partial charge in [-0.25, -0.2) is 9.97 Å². The van der Waals surface area contributed by atoms with Gasteiger partial charge in [0.2, 0.25) is 0 Å². The van der Waals surface area contributed by atoms with Crippen LogP contribution in [0.4, 0.5) is 5.82 Å². The second kappa shape index (κ2) is 8.03. The van der Waals surface area contributed by atoms with Gasteiger partial charge in [-0.2, -0.15) is 0 Å². The Morgan fingerprint density at radius 1 is 1.43 bits per heavy atom. The molecule has 0 saturated carbocycles. The van der Waals surface area contributed by atoms with Crippen LogP contribution in [0.2, 0.25) is 0 Å². The molecule has 2 rings (SSSR count). The molecular weight excluding hydrogens is 336 g/mol. The van der Waals surface area contributed by atoms with Crippen molar-refractivity contribution < 1.29 is 9.47 Å². The molecule has 1 atom stereocenters. The van der Waals surface area contributed by atoms with Gasteiger partial charge in [-0.1, -0.05) is 6.92 Å². The van der Waals surface area contributed by atoms with E-state index in [1.54, 1.807) is 7.11 Å². The van der Waals surface area contributed by atoms with Crippen LogP contribution >= 0.6 is 15.9 Å². The minimum Gasteiger partial charge on any atom is -0.378 e. The van der Waals surface area contributed by atoms with Gasteiger partial charge in [0.1, 0.15) is 11.9 Å². The number of hydrogen-bond donors (Lipinski definition) is 1. The topological polar surface area (TPSA) is 59.5 Å². The van der Waals surface area contributed by atoms with E-state index in [0.29, 0.717) is 13.2 Å². The number of halogens is 1. The fourth-order valence-corrected chi connectivity index (χ4v) is 2.75. The van der Waals surface area contributed by atoms with Crippen LogP contribution in [0.3, 0.4) is 0 Å². The standard InChI is InChI=1S/C14H23BrN4O2/c1-4-16-14-12(15)10(9-20-3)17-13(18-14)11-8-19(5-2)6-7-21-11/h11H,4-9H2,1-3H3,(H,16,17,18). The first-order valence-corrected chi connectivity index (χ1v) is 8.11. The van der Waals surface area contributed by atoms with Crippen molar-refractivity contribution in [2.24, 2.45) is 0 Å². The quantitative estimate of drug-likeness (QED) is 0.841. The molecule has 0 aliphatic carbocycles. The Balaban J connectivity index is 2.29. The van der Waals surface area contributed by atoms with Gasteiger partial charge >= 0.3 is 0 Å². The molecule has 0 bridgehead atoms. The lowest BCUT2D eigenvalue weighted by atomic mass is 10.2. The lowest BCUT2D eigenvalue weighted by molar-refractivity contribution is -0.0327.